The van der Waals surface area contributed by atoms with E-state index < -0.39 is 17.5 Å². The summed E-state index contributed by atoms with van der Waals surface area (Å²) in [5, 5.41) is 14.2. The van der Waals surface area contributed by atoms with Crippen LogP contribution in [0.25, 0.3) is 0 Å². The highest BCUT2D eigenvalue weighted by atomic mass is 19.1. The Hall–Kier alpha value is -1.39. The molecule has 0 spiro atoms. The zero-order valence-corrected chi connectivity index (χ0v) is 7.47. The maximum Gasteiger partial charge on any atom is 0.359 e. The van der Waals surface area contributed by atoms with Crippen LogP contribution < -0.4 is 0 Å². The third-order valence-electron chi connectivity index (χ3n) is 1.59. The van der Waals surface area contributed by atoms with Crippen molar-refractivity contribution in [2.24, 2.45) is 5.92 Å². The predicted molar refractivity (Wildman–Crippen MR) is 44.0 cm³/mol. The molecule has 0 aliphatic rings. The van der Waals surface area contributed by atoms with Gasteiger partial charge in [0.1, 0.15) is 0 Å². The Morgan fingerprint density at radius 2 is 2.31 bits per heavy atom. The maximum atomic E-state index is 13.2. The van der Waals surface area contributed by atoms with Crippen molar-refractivity contribution in [3.63, 3.8) is 0 Å². The van der Waals surface area contributed by atoms with Crippen LogP contribution in [0, 0.1) is 11.7 Å². The smallest absolute Gasteiger partial charge is 0.359 e. The SMILES string of the molecule is CC(C)Cc1[nH]nc(C(=O)O)c1F. The number of hydrogen-bond acceptors (Lipinski definition) is 2. The number of nitrogens with one attached hydrogen (secondary N) is 1. The number of aromatic carboxylic acids is 1. The number of rotatable bonds is 3. The van der Waals surface area contributed by atoms with E-state index in [0.29, 0.717) is 6.42 Å². The highest BCUT2D eigenvalue weighted by molar-refractivity contribution is 5.85. The standard InChI is InChI=1S/C8H11FN2O2/c1-4(2)3-5-6(9)7(8(12)13)11-10-5/h4H,3H2,1-2H3,(H,10,11)(H,12,13). The number of carboxylic acid groups (broad SMARTS) is 1. The zero-order valence-electron chi connectivity index (χ0n) is 7.47. The summed E-state index contributed by atoms with van der Waals surface area (Å²) in [5.74, 6) is -1.83. The topological polar surface area (TPSA) is 66.0 Å². The first-order chi connectivity index (χ1) is 6.02. The molecule has 2 N–H and O–H groups in total. The van der Waals surface area contributed by atoms with Gasteiger partial charge >= 0.3 is 5.97 Å². The van der Waals surface area contributed by atoms with Gasteiger partial charge in [-0.25, -0.2) is 9.18 Å². The Bertz CT molecular complexity index is 320. The maximum absolute atomic E-state index is 13.2. The van der Waals surface area contributed by atoms with Crippen molar-refractivity contribution in [1.82, 2.24) is 10.2 Å². The molecule has 0 aliphatic carbocycles. The number of carbonyl (C=O) groups is 1. The summed E-state index contributed by atoms with van der Waals surface area (Å²) in [6, 6.07) is 0. The second-order valence-corrected chi connectivity index (χ2v) is 3.27. The fraction of sp³-hybridized carbons (Fsp3) is 0.500. The van der Waals surface area contributed by atoms with Crippen LogP contribution in [0.1, 0.15) is 30.0 Å². The van der Waals surface area contributed by atoms with E-state index >= 15 is 0 Å². The lowest BCUT2D eigenvalue weighted by Crippen LogP contribution is -2.01. The van der Waals surface area contributed by atoms with Gasteiger partial charge in [0, 0.05) is 0 Å². The lowest BCUT2D eigenvalue weighted by molar-refractivity contribution is 0.0685. The number of hydrogen-bond donors (Lipinski definition) is 2. The molecule has 72 valence electrons. The fourth-order valence-corrected chi connectivity index (χ4v) is 1.05. The van der Waals surface area contributed by atoms with Gasteiger partial charge < -0.3 is 5.11 Å². The minimum Gasteiger partial charge on any atom is -0.476 e. The van der Waals surface area contributed by atoms with Gasteiger partial charge in [-0.1, -0.05) is 13.8 Å². The van der Waals surface area contributed by atoms with E-state index in [1.807, 2.05) is 13.8 Å². The largest absolute Gasteiger partial charge is 0.476 e. The minimum atomic E-state index is -1.34. The first kappa shape index (κ1) is 9.70. The quantitative estimate of drug-likeness (QED) is 0.750. The van der Waals surface area contributed by atoms with E-state index in [2.05, 4.69) is 10.2 Å². The summed E-state index contributed by atoms with van der Waals surface area (Å²) >= 11 is 0. The second-order valence-electron chi connectivity index (χ2n) is 3.27. The van der Waals surface area contributed by atoms with Crippen molar-refractivity contribution in [1.29, 1.82) is 0 Å². The molecular formula is C8H11FN2O2. The summed E-state index contributed by atoms with van der Waals surface area (Å²) in [6.45, 7) is 3.83. The molecule has 0 aromatic carbocycles. The first-order valence-electron chi connectivity index (χ1n) is 3.98. The molecule has 1 aromatic heterocycles. The van der Waals surface area contributed by atoms with Crippen molar-refractivity contribution in [3.05, 3.63) is 17.2 Å². The molecule has 0 fully saturated rings. The monoisotopic (exact) mass is 186 g/mol. The van der Waals surface area contributed by atoms with Gasteiger partial charge in [0.15, 0.2) is 5.82 Å². The lowest BCUT2D eigenvalue weighted by Gasteiger charge is -2.00. The Balaban J connectivity index is 2.93. The molecule has 5 heteroatoms. The fourth-order valence-electron chi connectivity index (χ4n) is 1.05. The summed E-state index contributed by atoms with van der Waals surface area (Å²) in [6.07, 6.45) is 0.464. The summed E-state index contributed by atoms with van der Waals surface area (Å²) in [7, 11) is 0. The van der Waals surface area contributed by atoms with E-state index in [0.717, 1.165) is 0 Å². The first-order valence-corrected chi connectivity index (χ1v) is 3.98. The van der Waals surface area contributed by atoms with Gasteiger partial charge in [0.05, 0.1) is 5.69 Å². The highest BCUT2D eigenvalue weighted by Crippen LogP contribution is 2.12. The number of halogens is 1. The molecule has 4 nitrogen and oxygen atoms in total. The predicted octanol–water partition coefficient (Wildman–Crippen LogP) is 1.45. The van der Waals surface area contributed by atoms with Crippen molar-refractivity contribution < 1.29 is 14.3 Å². The number of H-pyrrole nitrogens is 1. The molecule has 1 aromatic rings. The molecule has 1 heterocycles. The Kier molecular flexibility index (Phi) is 2.65. The van der Waals surface area contributed by atoms with Crippen LogP contribution in [0.5, 0.6) is 0 Å². The van der Waals surface area contributed by atoms with Crippen LogP contribution in [0.15, 0.2) is 0 Å². The molecule has 0 radical (unpaired) electrons. The average Bonchev–Trinajstić information content (AvgIpc) is 2.32. The molecule has 0 aliphatic heterocycles. The third kappa shape index (κ3) is 2.05. The lowest BCUT2D eigenvalue weighted by atomic mass is 10.1. The van der Waals surface area contributed by atoms with E-state index in [4.69, 9.17) is 5.11 Å². The molecule has 13 heavy (non-hydrogen) atoms. The number of aromatic amines is 1. The second kappa shape index (κ2) is 3.55. The Labute approximate surface area is 74.8 Å². The van der Waals surface area contributed by atoms with Crippen LogP contribution in [0.2, 0.25) is 0 Å². The van der Waals surface area contributed by atoms with E-state index in [1.54, 1.807) is 0 Å². The van der Waals surface area contributed by atoms with E-state index in [-0.39, 0.29) is 11.6 Å². The highest BCUT2D eigenvalue weighted by Gasteiger charge is 2.18. The summed E-state index contributed by atoms with van der Waals surface area (Å²) in [5.41, 5.74) is -0.275. The average molecular weight is 186 g/mol. The van der Waals surface area contributed by atoms with Gasteiger partial charge in [-0.3, -0.25) is 5.10 Å². The summed E-state index contributed by atoms with van der Waals surface area (Å²) in [4.78, 5) is 10.4. The zero-order chi connectivity index (χ0) is 10.0. The van der Waals surface area contributed by atoms with Crippen LogP contribution >= 0.6 is 0 Å². The van der Waals surface area contributed by atoms with Crippen molar-refractivity contribution in [2.75, 3.05) is 0 Å². The Morgan fingerprint density at radius 3 is 2.69 bits per heavy atom. The van der Waals surface area contributed by atoms with Gasteiger partial charge in [-0.15, -0.1) is 0 Å². The van der Waals surface area contributed by atoms with Gasteiger partial charge in [-0.2, -0.15) is 5.10 Å². The minimum absolute atomic E-state index is 0.257. The van der Waals surface area contributed by atoms with Crippen LogP contribution in [0.4, 0.5) is 4.39 Å². The van der Waals surface area contributed by atoms with Gasteiger partial charge in [-0.05, 0) is 12.3 Å². The van der Waals surface area contributed by atoms with Crippen LogP contribution in [0.3, 0.4) is 0 Å². The molecule has 0 saturated heterocycles. The molecule has 0 atom stereocenters. The summed E-state index contributed by atoms with van der Waals surface area (Å²) < 4.78 is 13.2. The molecule has 1 rings (SSSR count). The Morgan fingerprint density at radius 1 is 1.69 bits per heavy atom. The molecule has 0 saturated carbocycles. The van der Waals surface area contributed by atoms with E-state index in [9.17, 15) is 9.18 Å². The van der Waals surface area contributed by atoms with Gasteiger partial charge in [0.2, 0.25) is 5.69 Å². The number of nitrogens with zero attached hydrogens (tertiary/aromatic N) is 1. The van der Waals surface area contributed by atoms with Crippen molar-refractivity contribution >= 4 is 5.97 Å². The molecule has 0 unspecified atom stereocenters. The number of carboxylic acids is 1. The van der Waals surface area contributed by atoms with Crippen molar-refractivity contribution in [2.45, 2.75) is 20.3 Å². The third-order valence-corrected chi connectivity index (χ3v) is 1.59. The van der Waals surface area contributed by atoms with Gasteiger partial charge in [0.25, 0.3) is 0 Å². The van der Waals surface area contributed by atoms with Crippen LogP contribution in [-0.2, 0) is 6.42 Å². The van der Waals surface area contributed by atoms with E-state index in [1.165, 1.54) is 0 Å². The van der Waals surface area contributed by atoms with Crippen LogP contribution in [-0.4, -0.2) is 21.3 Å². The molecule has 0 amide bonds. The molecule has 0 bridgehead atoms. The number of aromatic nitrogens is 2. The molecular weight excluding hydrogens is 175 g/mol. The van der Waals surface area contributed by atoms with Crippen molar-refractivity contribution in [3.8, 4) is 0 Å². The normalized spacial score (nSPS) is 10.8.